The minimum atomic E-state index is -0.426. The molecule has 0 unspecified atom stereocenters. The first-order chi connectivity index (χ1) is 7.75. The zero-order valence-electron chi connectivity index (χ0n) is 9.01. The van der Waals surface area contributed by atoms with Crippen LogP contribution in [0.1, 0.15) is 18.4 Å². The fourth-order valence-corrected chi connectivity index (χ4v) is 1.82. The standard InChI is InChI=1S/C12H15F2NO/c13-10-1-2-12(14)9(7-10)8-16-11-3-5-15-6-4-11/h1-2,7,11,15H,3-6,8H2. The number of hydrogen-bond acceptors (Lipinski definition) is 2. The molecule has 4 heteroatoms. The lowest BCUT2D eigenvalue weighted by Gasteiger charge is -2.23. The maximum Gasteiger partial charge on any atom is 0.128 e. The summed E-state index contributed by atoms with van der Waals surface area (Å²) < 4.78 is 31.7. The maximum atomic E-state index is 13.3. The number of halogens is 2. The summed E-state index contributed by atoms with van der Waals surface area (Å²) in [5.41, 5.74) is 0.290. The molecule has 1 saturated heterocycles. The van der Waals surface area contributed by atoms with Gasteiger partial charge in [-0.2, -0.15) is 0 Å². The van der Waals surface area contributed by atoms with Gasteiger partial charge in [-0.05, 0) is 44.1 Å². The van der Waals surface area contributed by atoms with Gasteiger partial charge in [0.15, 0.2) is 0 Å². The predicted octanol–water partition coefficient (Wildman–Crippen LogP) is 2.23. The molecule has 1 aliphatic heterocycles. The second-order valence-electron chi connectivity index (χ2n) is 4.00. The molecule has 0 atom stereocenters. The molecule has 0 spiro atoms. The monoisotopic (exact) mass is 227 g/mol. The van der Waals surface area contributed by atoms with Crippen LogP contribution in [0.25, 0.3) is 0 Å². The summed E-state index contributed by atoms with van der Waals surface area (Å²) in [5, 5.41) is 3.22. The van der Waals surface area contributed by atoms with Crippen molar-refractivity contribution in [3.63, 3.8) is 0 Å². The Bertz CT molecular complexity index is 351. The number of rotatable bonds is 3. The van der Waals surface area contributed by atoms with Gasteiger partial charge in [-0.3, -0.25) is 0 Å². The maximum absolute atomic E-state index is 13.3. The number of nitrogens with one attached hydrogen (secondary N) is 1. The molecule has 1 heterocycles. The van der Waals surface area contributed by atoms with Gasteiger partial charge in [0, 0.05) is 5.56 Å². The normalized spacial score (nSPS) is 17.6. The Balaban J connectivity index is 1.90. The van der Waals surface area contributed by atoms with E-state index in [1.165, 1.54) is 6.07 Å². The summed E-state index contributed by atoms with van der Waals surface area (Å²) >= 11 is 0. The van der Waals surface area contributed by atoms with E-state index in [-0.39, 0.29) is 12.7 Å². The van der Waals surface area contributed by atoms with Crippen molar-refractivity contribution in [2.45, 2.75) is 25.6 Å². The highest BCUT2D eigenvalue weighted by Crippen LogP contribution is 2.14. The highest BCUT2D eigenvalue weighted by atomic mass is 19.1. The minimum absolute atomic E-state index is 0.147. The number of benzene rings is 1. The third-order valence-electron chi connectivity index (χ3n) is 2.77. The second-order valence-corrected chi connectivity index (χ2v) is 4.00. The van der Waals surface area contributed by atoms with Crippen molar-refractivity contribution < 1.29 is 13.5 Å². The Morgan fingerprint density at radius 2 is 2.00 bits per heavy atom. The van der Waals surface area contributed by atoms with Crippen molar-refractivity contribution in [2.75, 3.05) is 13.1 Å². The van der Waals surface area contributed by atoms with Crippen LogP contribution in [0, 0.1) is 11.6 Å². The molecule has 0 saturated carbocycles. The molecule has 1 aliphatic rings. The molecule has 2 rings (SSSR count). The molecule has 2 nitrogen and oxygen atoms in total. The van der Waals surface area contributed by atoms with Gasteiger partial charge in [-0.15, -0.1) is 0 Å². The average Bonchev–Trinajstić information content (AvgIpc) is 2.32. The molecular weight excluding hydrogens is 212 g/mol. The third-order valence-corrected chi connectivity index (χ3v) is 2.77. The zero-order valence-corrected chi connectivity index (χ0v) is 9.01. The van der Waals surface area contributed by atoms with Crippen molar-refractivity contribution in [3.05, 3.63) is 35.4 Å². The number of hydrogen-bond donors (Lipinski definition) is 1. The molecular formula is C12H15F2NO. The van der Waals surface area contributed by atoms with E-state index < -0.39 is 11.6 Å². The second kappa shape index (κ2) is 5.37. The Labute approximate surface area is 93.6 Å². The zero-order chi connectivity index (χ0) is 11.4. The van der Waals surface area contributed by atoms with E-state index in [1.807, 2.05) is 0 Å². The lowest BCUT2D eigenvalue weighted by Crippen LogP contribution is -2.32. The summed E-state index contributed by atoms with van der Waals surface area (Å²) in [5.74, 6) is -0.833. The highest BCUT2D eigenvalue weighted by molar-refractivity contribution is 5.17. The predicted molar refractivity (Wildman–Crippen MR) is 57.0 cm³/mol. The van der Waals surface area contributed by atoms with E-state index in [2.05, 4.69) is 5.32 Å². The van der Waals surface area contributed by atoms with Crippen LogP contribution in [0.5, 0.6) is 0 Å². The summed E-state index contributed by atoms with van der Waals surface area (Å²) in [4.78, 5) is 0. The van der Waals surface area contributed by atoms with Gasteiger partial charge in [-0.1, -0.05) is 0 Å². The first-order valence-electron chi connectivity index (χ1n) is 5.52. The molecule has 0 aliphatic carbocycles. The fourth-order valence-electron chi connectivity index (χ4n) is 1.82. The molecule has 1 aromatic rings. The largest absolute Gasteiger partial charge is 0.373 e. The Kier molecular flexibility index (Phi) is 3.85. The molecule has 0 aromatic heterocycles. The molecule has 1 aromatic carbocycles. The van der Waals surface area contributed by atoms with Crippen LogP contribution in [-0.4, -0.2) is 19.2 Å². The van der Waals surface area contributed by atoms with Crippen molar-refractivity contribution in [1.82, 2.24) is 5.32 Å². The van der Waals surface area contributed by atoms with E-state index >= 15 is 0 Å². The fraction of sp³-hybridized carbons (Fsp3) is 0.500. The third kappa shape index (κ3) is 3.00. The van der Waals surface area contributed by atoms with Crippen LogP contribution in [0.15, 0.2) is 18.2 Å². The Morgan fingerprint density at radius 1 is 1.25 bits per heavy atom. The Morgan fingerprint density at radius 3 is 2.75 bits per heavy atom. The first kappa shape index (κ1) is 11.5. The van der Waals surface area contributed by atoms with Crippen molar-refractivity contribution in [2.24, 2.45) is 0 Å². The topological polar surface area (TPSA) is 21.3 Å². The van der Waals surface area contributed by atoms with E-state index in [0.717, 1.165) is 38.1 Å². The van der Waals surface area contributed by atoms with Gasteiger partial charge >= 0.3 is 0 Å². The summed E-state index contributed by atoms with van der Waals surface area (Å²) in [6.07, 6.45) is 2.01. The van der Waals surface area contributed by atoms with Crippen LogP contribution in [0.4, 0.5) is 8.78 Å². The molecule has 0 amide bonds. The number of piperidine rings is 1. The van der Waals surface area contributed by atoms with Crippen LogP contribution >= 0.6 is 0 Å². The van der Waals surface area contributed by atoms with E-state index in [0.29, 0.717) is 5.56 Å². The quantitative estimate of drug-likeness (QED) is 0.855. The smallest absolute Gasteiger partial charge is 0.128 e. The van der Waals surface area contributed by atoms with E-state index in [9.17, 15) is 8.78 Å². The molecule has 1 N–H and O–H groups in total. The van der Waals surface area contributed by atoms with E-state index in [4.69, 9.17) is 4.74 Å². The lowest BCUT2D eigenvalue weighted by atomic mass is 10.1. The van der Waals surface area contributed by atoms with Gasteiger partial charge in [0.25, 0.3) is 0 Å². The molecule has 16 heavy (non-hydrogen) atoms. The van der Waals surface area contributed by atoms with E-state index in [1.54, 1.807) is 0 Å². The van der Waals surface area contributed by atoms with Crippen LogP contribution in [-0.2, 0) is 11.3 Å². The minimum Gasteiger partial charge on any atom is -0.373 e. The lowest BCUT2D eigenvalue weighted by molar-refractivity contribution is 0.0198. The van der Waals surface area contributed by atoms with Gasteiger partial charge in [0.05, 0.1) is 12.7 Å². The summed E-state index contributed by atoms with van der Waals surface area (Å²) in [6, 6.07) is 3.44. The molecule has 1 fully saturated rings. The van der Waals surface area contributed by atoms with Crippen molar-refractivity contribution in [1.29, 1.82) is 0 Å². The van der Waals surface area contributed by atoms with Crippen molar-refractivity contribution in [3.8, 4) is 0 Å². The van der Waals surface area contributed by atoms with Gasteiger partial charge in [0.1, 0.15) is 11.6 Å². The van der Waals surface area contributed by atoms with Gasteiger partial charge in [0.2, 0.25) is 0 Å². The van der Waals surface area contributed by atoms with Crippen LogP contribution in [0.2, 0.25) is 0 Å². The van der Waals surface area contributed by atoms with Gasteiger partial charge in [-0.25, -0.2) is 8.78 Å². The SMILES string of the molecule is Fc1ccc(F)c(COC2CCNCC2)c1. The number of ether oxygens (including phenoxy) is 1. The molecule has 88 valence electrons. The van der Waals surface area contributed by atoms with Crippen molar-refractivity contribution >= 4 is 0 Å². The highest BCUT2D eigenvalue weighted by Gasteiger charge is 2.14. The van der Waals surface area contributed by atoms with Crippen LogP contribution < -0.4 is 5.32 Å². The average molecular weight is 227 g/mol. The van der Waals surface area contributed by atoms with Gasteiger partial charge < -0.3 is 10.1 Å². The van der Waals surface area contributed by atoms with Crippen LogP contribution in [0.3, 0.4) is 0 Å². The first-order valence-corrected chi connectivity index (χ1v) is 5.52. The Hall–Kier alpha value is -1.00. The molecule has 0 radical (unpaired) electrons. The molecule has 0 bridgehead atoms. The summed E-state index contributed by atoms with van der Waals surface area (Å²) in [6.45, 7) is 2.00. The summed E-state index contributed by atoms with van der Waals surface area (Å²) in [7, 11) is 0.